The Kier molecular flexibility index (Phi) is 4.75. The van der Waals surface area contributed by atoms with Crippen LogP contribution in [0.5, 0.6) is 0 Å². The predicted octanol–water partition coefficient (Wildman–Crippen LogP) is 0.935. The highest BCUT2D eigenvalue weighted by Crippen LogP contribution is 2.17. The first kappa shape index (κ1) is 13.3. The Balaban J connectivity index is 2.79. The summed E-state index contributed by atoms with van der Waals surface area (Å²) in [6.45, 7) is 7.45. The molecule has 0 saturated heterocycles. The van der Waals surface area contributed by atoms with Crippen LogP contribution in [0.1, 0.15) is 19.4 Å². The van der Waals surface area contributed by atoms with Crippen molar-refractivity contribution in [3.8, 4) is 0 Å². The first-order valence-corrected chi connectivity index (χ1v) is 5.82. The maximum Gasteiger partial charge on any atom is 0.239 e. The van der Waals surface area contributed by atoms with Crippen molar-refractivity contribution >= 4 is 17.4 Å². The molecule has 1 heterocycles. The average Bonchev–Trinajstić information content (AvgIpc) is 2.30. The Morgan fingerprint density at radius 2 is 2.24 bits per heavy atom. The number of carbonyl (C=O) groups is 1. The van der Waals surface area contributed by atoms with Crippen LogP contribution in [0.25, 0.3) is 0 Å². The molecule has 0 aliphatic heterocycles. The molecule has 5 nitrogen and oxygen atoms in total. The Morgan fingerprint density at radius 1 is 1.53 bits per heavy atom. The monoisotopic (exact) mass is 236 g/mol. The maximum absolute atomic E-state index is 11.5. The lowest BCUT2D eigenvalue weighted by Crippen LogP contribution is -2.37. The molecular weight excluding hydrogens is 216 g/mol. The lowest BCUT2D eigenvalue weighted by molar-refractivity contribution is -0.119. The summed E-state index contributed by atoms with van der Waals surface area (Å²) in [6, 6.07) is 1.80. The van der Waals surface area contributed by atoms with Crippen LogP contribution in [-0.4, -0.2) is 30.5 Å². The Morgan fingerprint density at radius 3 is 2.76 bits per heavy atom. The van der Waals surface area contributed by atoms with Crippen molar-refractivity contribution in [3.05, 3.63) is 17.8 Å². The number of hydrogen-bond acceptors (Lipinski definition) is 4. The summed E-state index contributed by atoms with van der Waals surface area (Å²) < 4.78 is 0. The highest BCUT2D eigenvalue weighted by atomic mass is 16.2. The summed E-state index contributed by atoms with van der Waals surface area (Å²) in [5, 5.41) is 2.77. The van der Waals surface area contributed by atoms with Gasteiger partial charge in [0.15, 0.2) is 0 Å². The summed E-state index contributed by atoms with van der Waals surface area (Å²) in [5.41, 5.74) is 7.48. The fraction of sp³-hybridized carbons (Fsp3) is 0.500. The van der Waals surface area contributed by atoms with E-state index in [1.165, 1.54) is 0 Å². The molecule has 5 heteroatoms. The number of nitrogen functional groups attached to an aromatic ring is 1. The SMILES string of the molecule is CCNC(=O)CN(CC)c1cc(N)c(C)cn1. The molecule has 1 aromatic rings. The van der Waals surface area contributed by atoms with Crippen molar-refractivity contribution < 1.29 is 4.79 Å². The summed E-state index contributed by atoms with van der Waals surface area (Å²) >= 11 is 0. The van der Waals surface area contributed by atoms with E-state index in [9.17, 15) is 4.79 Å². The van der Waals surface area contributed by atoms with Gasteiger partial charge in [0, 0.05) is 31.0 Å². The van der Waals surface area contributed by atoms with E-state index in [0.29, 0.717) is 25.3 Å². The van der Waals surface area contributed by atoms with Gasteiger partial charge in [0.05, 0.1) is 6.54 Å². The second-order valence-corrected chi connectivity index (χ2v) is 3.87. The molecule has 0 aliphatic carbocycles. The average molecular weight is 236 g/mol. The molecule has 0 fully saturated rings. The van der Waals surface area contributed by atoms with Crippen LogP contribution in [0.4, 0.5) is 11.5 Å². The third kappa shape index (κ3) is 3.62. The highest BCUT2D eigenvalue weighted by Gasteiger charge is 2.11. The highest BCUT2D eigenvalue weighted by molar-refractivity contribution is 5.81. The van der Waals surface area contributed by atoms with Crippen LogP contribution in [-0.2, 0) is 4.79 Å². The van der Waals surface area contributed by atoms with Gasteiger partial charge in [0.2, 0.25) is 5.91 Å². The molecule has 1 rings (SSSR count). The summed E-state index contributed by atoms with van der Waals surface area (Å²) in [4.78, 5) is 17.7. The van der Waals surface area contributed by atoms with Crippen LogP contribution in [0.2, 0.25) is 0 Å². The molecule has 0 unspecified atom stereocenters. The van der Waals surface area contributed by atoms with Crippen LogP contribution < -0.4 is 16.0 Å². The zero-order chi connectivity index (χ0) is 12.8. The molecule has 3 N–H and O–H groups in total. The van der Waals surface area contributed by atoms with Crippen LogP contribution >= 0.6 is 0 Å². The van der Waals surface area contributed by atoms with E-state index in [1.807, 2.05) is 25.7 Å². The molecule has 0 bridgehead atoms. The fourth-order valence-electron chi connectivity index (χ4n) is 1.48. The Bertz CT molecular complexity index is 392. The number of nitrogens with one attached hydrogen (secondary N) is 1. The number of nitrogens with two attached hydrogens (primary N) is 1. The van der Waals surface area contributed by atoms with Gasteiger partial charge in [0.25, 0.3) is 0 Å². The second kappa shape index (κ2) is 6.08. The third-order valence-electron chi connectivity index (χ3n) is 2.54. The van der Waals surface area contributed by atoms with Crippen LogP contribution in [0.15, 0.2) is 12.3 Å². The quantitative estimate of drug-likeness (QED) is 0.798. The molecule has 94 valence electrons. The number of likely N-dealkylation sites (N-methyl/N-ethyl adjacent to an activating group) is 2. The molecule has 0 aliphatic rings. The third-order valence-corrected chi connectivity index (χ3v) is 2.54. The van der Waals surface area contributed by atoms with E-state index in [1.54, 1.807) is 12.3 Å². The largest absolute Gasteiger partial charge is 0.398 e. The topological polar surface area (TPSA) is 71.2 Å². The number of amides is 1. The summed E-state index contributed by atoms with van der Waals surface area (Å²) in [5.74, 6) is 0.733. The number of anilines is 2. The normalized spacial score (nSPS) is 10.1. The molecule has 0 atom stereocenters. The first-order chi connectivity index (χ1) is 8.08. The lowest BCUT2D eigenvalue weighted by atomic mass is 10.2. The van der Waals surface area contributed by atoms with Gasteiger partial charge in [-0.25, -0.2) is 4.98 Å². The maximum atomic E-state index is 11.5. The predicted molar refractivity (Wildman–Crippen MR) is 70.0 cm³/mol. The second-order valence-electron chi connectivity index (χ2n) is 3.87. The van der Waals surface area contributed by atoms with E-state index in [4.69, 9.17) is 5.73 Å². The smallest absolute Gasteiger partial charge is 0.239 e. The number of aromatic nitrogens is 1. The van der Waals surface area contributed by atoms with Crippen molar-refractivity contribution in [3.63, 3.8) is 0 Å². The van der Waals surface area contributed by atoms with E-state index in [0.717, 1.165) is 11.4 Å². The molecular formula is C12H20N4O. The lowest BCUT2D eigenvalue weighted by Gasteiger charge is -2.21. The van der Waals surface area contributed by atoms with Gasteiger partial charge >= 0.3 is 0 Å². The number of carbonyl (C=O) groups excluding carboxylic acids is 1. The first-order valence-electron chi connectivity index (χ1n) is 5.82. The zero-order valence-corrected chi connectivity index (χ0v) is 10.7. The summed E-state index contributed by atoms with van der Waals surface area (Å²) in [7, 11) is 0. The van der Waals surface area contributed by atoms with E-state index in [-0.39, 0.29) is 5.91 Å². The summed E-state index contributed by atoms with van der Waals surface area (Å²) in [6.07, 6.45) is 1.73. The van der Waals surface area contributed by atoms with Gasteiger partial charge in [0.1, 0.15) is 5.82 Å². The number of rotatable bonds is 5. The number of hydrogen-bond donors (Lipinski definition) is 2. The fourth-order valence-corrected chi connectivity index (χ4v) is 1.48. The number of aryl methyl sites for hydroxylation is 1. The van der Waals surface area contributed by atoms with Crippen molar-refractivity contribution in [2.75, 3.05) is 30.3 Å². The van der Waals surface area contributed by atoms with Crippen LogP contribution in [0.3, 0.4) is 0 Å². The van der Waals surface area contributed by atoms with Gasteiger partial charge in [-0.3, -0.25) is 4.79 Å². The molecule has 1 amide bonds. The Labute approximate surface area is 102 Å². The molecule has 0 aromatic carbocycles. The van der Waals surface area contributed by atoms with Gasteiger partial charge < -0.3 is 16.0 Å². The number of nitrogens with zero attached hydrogens (tertiary/aromatic N) is 2. The van der Waals surface area contributed by atoms with Gasteiger partial charge in [-0.05, 0) is 26.3 Å². The minimum atomic E-state index is -0.00436. The Hall–Kier alpha value is -1.78. The zero-order valence-electron chi connectivity index (χ0n) is 10.7. The van der Waals surface area contributed by atoms with Gasteiger partial charge in [-0.1, -0.05) is 0 Å². The van der Waals surface area contributed by atoms with Gasteiger partial charge in [-0.15, -0.1) is 0 Å². The van der Waals surface area contributed by atoms with E-state index < -0.39 is 0 Å². The number of pyridine rings is 1. The van der Waals surface area contributed by atoms with Crippen molar-refractivity contribution in [2.45, 2.75) is 20.8 Å². The van der Waals surface area contributed by atoms with Crippen molar-refractivity contribution in [1.82, 2.24) is 10.3 Å². The standard InChI is InChI=1S/C12H20N4O/c1-4-14-12(17)8-16(5-2)11-6-10(13)9(3)7-15-11/h6-7H,4-5,8H2,1-3H3,(H2,13,15)(H,14,17). The molecule has 0 saturated carbocycles. The molecule has 17 heavy (non-hydrogen) atoms. The van der Waals surface area contributed by atoms with E-state index >= 15 is 0 Å². The van der Waals surface area contributed by atoms with Crippen molar-refractivity contribution in [1.29, 1.82) is 0 Å². The van der Waals surface area contributed by atoms with Gasteiger partial charge in [-0.2, -0.15) is 0 Å². The van der Waals surface area contributed by atoms with E-state index in [2.05, 4.69) is 10.3 Å². The molecule has 1 aromatic heterocycles. The van der Waals surface area contributed by atoms with Crippen LogP contribution in [0, 0.1) is 6.92 Å². The van der Waals surface area contributed by atoms with Crippen molar-refractivity contribution in [2.24, 2.45) is 0 Å². The molecule has 0 radical (unpaired) electrons. The minimum Gasteiger partial charge on any atom is -0.398 e. The molecule has 0 spiro atoms. The minimum absolute atomic E-state index is 0.00436.